The first-order valence-electron chi connectivity index (χ1n) is 10.7. The zero-order valence-electron chi connectivity index (χ0n) is 17.4. The van der Waals surface area contributed by atoms with Gasteiger partial charge >= 0.3 is 5.69 Å². The van der Waals surface area contributed by atoms with Crippen LogP contribution in [0.3, 0.4) is 0 Å². The number of hydrogen-bond acceptors (Lipinski definition) is 5. The van der Waals surface area contributed by atoms with Crippen LogP contribution in [-0.2, 0) is 11.3 Å². The zero-order chi connectivity index (χ0) is 21.3. The van der Waals surface area contributed by atoms with E-state index in [9.17, 15) is 14.4 Å². The predicted molar refractivity (Wildman–Crippen MR) is 115 cm³/mol. The van der Waals surface area contributed by atoms with Crippen molar-refractivity contribution in [1.29, 1.82) is 0 Å². The minimum absolute atomic E-state index is 0.0546. The van der Waals surface area contributed by atoms with Gasteiger partial charge in [0.1, 0.15) is 11.6 Å². The van der Waals surface area contributed by atoms with Crippen LogP contribution in [0.4, 0.5) is 5.82 Å². The van der Waals surface area contributed by atoms with Gasteiger partial charge in [-0.2, -0.15) is 0 Å². The molecule has 7 heteroatoms. The summed E-state index contributed by atoms with van der Waals surface area (Å²) in [4.78, 5) is 40.9. The predicted octanol–water partition coefficient (Wildman–Crippen LogP) is 3.30. The molecule has 0 amide bonds. The second-order valence-electron chi connectivity index (χ2n) is 7.76. The van der Waals surface area contributed by atoms with Gasteiger partial charge in [-0.1, -0.05) is 25.5 Å². The highest BCUT2D eigenvalue weighted by Gasteiger charge is 2.38. The van der Waals surface area contributed by atoms with Gasteiger partial charge in [0.15, 0.2) is 5.78 Å². The maximum atomic E-state index is 13.0. The first-order valence-corrected chi connectivity index (χ1v) is 10.7. The number of aromatic amines is 1. The van der Waals surface area contributed by atoms with Crippen LogP contribution in [0.2, 0.25) is 0 Å². The van der Waals surface area contributed by atoms with E-state index in [0.717, 1.165) is 42.7 Å². The summed E-state index contributed by atoms with van der Waals surface area (Å²) in [6.07, 6.45) is 3.70. The van der Waals surface area contributed by atoms with Crippen LogP contribution in [0, 0.1) is 0 Å². The Morgan fingerprint density at radius 1 is 1.10 bits per heavy atom. The zero-order valence-corrected chi connectivity index (χ0v) is 17.4. The number of allylic oxidation sites excluding steroid dienone is 2. The monoisotopic (exact) mass is 409 g/mol. The standard InChI is InChI=1S/C23H27N3O4/c1-3-5-13-26-21-20(22(28)25-23(26)29)18(14-9-11-15(12-10-14)30-4-2)19-16(24-21)7-6-8-17(19)27/h9-12,18,24H,3-8,13H2,1-2H3,(H,25,28,29)/t18-/m0/s1. The molecule has 0 unspecified atom stereocenters. The normalized spacial score (nSPS) is 17.9. The lowest BCUT2D eigenvalue weighted by atomic mass is 9.76. The summed E-state index contributed by atoms with van der Waals surface area (Å²) in [7, 11) is 0. The maximum Gasteiger partial charge on any atom is 0.329 e. The molecule has 0 saturated heterocycles. The molecule has 0 bridgehead atoms. The van der Waals surface area contributed by atoms with Crippen molar-refractivity contribution in [1.82, 2.24) is 9.55 Å². The van der Waals surface area contributed by atoms with E-state index in [4.69, 9.17) is 4.74 Å². The molecule has 2 aliphatic rings. The lowest BCUT2D eigenvalue weighted by Crippen LogP contribution is -2.40. The average Bonchev–Trinajstić information content (AvgIpc) is 2.73. The van der Waals surface area contributed by atoms with E-state index in [-0.39, 0.29) is 5.78 Å². The van der Waals surface area contributed by atoms with Crippen LogP contribution >= 0.6 is 0 Å². The number of aromatic nitrogens is 2. The van der Waals surface area contributed by atoms with Gasteiger partial charge in [-0.05, 0) is 43.9 Å². The van der Waals surface area contributed by atoms with E-state index < -0.39 is 17.2 Å². The van der Waals surface area contributed by atoms with Crippen LogP contribution in [0.1, 0.15) is 63.0 Å². The van der Waals surface area contributed by atoms with Gasteiger partial charge in [-0.15, -0.1) is 0 Å². The molecule has 30 heavy (non-hydrogen) atoms. The molecule has 0 fully saturated rings. The summed E-state index contributed by atoms with van der Waals surface area (Å²) in [6, 6.07) is 7.52. The smallest absolute Gasteiger partial charge is 0.329 e. The van der Waals surface area contributed by atoms with E-state index in [1.807, 2.05) is 31.2 Å². The highest BCUT2D eigenvalue weighted by Crippen LogP contribution is 2.43. The summed E-state index contributed by atoms with van der Waals surface area (Å²) in [5, 5.41) is 3.30. The Hall–Kier alpha value is -3.09. The number of nitrogens with one attached hydrogen (secondary N) is 2. The number of carbonyl (C=O) groups is 1. The Labute approximate surface area is 174 Å². The number of unbranched alkanes of at least 4 members (excludes halogenated alkanes) is 1. The molecule has 7 nitrogen and oxygen atoms in total. The third-order valence-electron chi connectivity index (χ3n) is 5.80. The van der Waals surface area contributed by atoms with Gasteiger partial charge in [-0.25, -0.2) is 4.79 Å². The number of carbonyl (C=O) groups excluding carboxylic acids is 1. The molecule has 0 spiro atoms. The number of anilines is 1. The van der Waals surface area contributed by atoms with E-state index in [0.29, 0.717) is 36.5 Å². The van der Waals surface area contributed by atoms with Crippen LogP contribution in [0.15, 0.2) is 45.1 Å². The molecule has 2 aromatic rings. The Morgan fingerprint density at radius 3 is 2.57 bits per heavy atom. The van der Waals surface area contributed by atoms with Crippen molar-refractivity contribution in [3.8, 4) is 5.75 Å². The van der Waals surface area contributed by atoms with Crippen molar-refractivity contribution >= 4 is 11.6 Å². The van der Waals surface area contributed by atoms with E-state index in [1.165, 1.54) is 0 Å². The molecule has 1 aliphatic carbocycles. The first kappa shape index (κ1) is 20.2. The second-order valence-corrected chi connectivity index (χ2v) is 7.76. The number of nitrogens with zero attached hydrogens (tertiary/aromatic N) is 1. The molecule has 0 saturated carbocycles. The number of Topliss-reactive ketones (excluding diaryl/α,β-unsaturated/α-hetero) is 1. The quantitative estimate of drug-likeness (QED) is 0.764. The maximum absolute atomic E-state index is 13.0. The minimum atomic E-state index is -0.503. The van der Waals surface area contributed by atoms with Gasteiger partial charge in [0.05, 0.1) is 12.2 Å². The van der Waals surface area contributed by atoms with E-state index in [2.05, 4.69) is 17.2 Å². The summed E-state index contributed by atoms with van der Waals surface area (Å²) in [5.74, 6) is 0.807. The third-order valence-corrected chi connectivity index (χ3v) is 5.80. The fourth-order valence-electron chi connectivity index (χ4n) is 4.39. The average molecular weight is 409 g/mol. The fraction of sp³-hybridized carbons (Fsp3) is 0.435. The molecule has 1 aliphatic heterocycles. The van der Waals surface area contributed by atoms with Crippen LogP contribution in [0.5, 0.6) is 5.75 Å². The molecule has 0 radical (unpaired) electrons. The summed E-state index contributed by atoms with van der Waals surface area (Å²) < 4.78 is 7.15. The second kappa shape index (κ2) is 8.34. The summed E-state index contributed by atoms with van der Waals surface area (Å²) in [5.41, 5.74) is 1.88. The number of ether oxygens (including phenoxy) is 1. The number of rotatable bonds is 6. The van der Waals surface area contributed by atoms with Crippen LogP contribution < -0.4 is 21.3 Å². The van der Waals surface area contributed by atoms with Crippen molar-refractivity contribution in [2.24, 2.45) is 0 Å². The largest absolute Gasteiger partial charge is 0.494 e. The molecule has 1 atom stereocenters. The minimum Gasteiger partial charge on any atom is -0.494 e. The van der Waals surface area contributed by atoms with Crippen molar-refractivity contribution in [3.63, 3.8) is 0 Å². The molecule has 2 heterocycles. The SMILES string of the molecule is CCCCn1c2c(c(=O)[nH]c1=O)[C@@H](c1ccc(OCC)cc1)C1=C(CCCC1=O)N2. The lowest BCUT2D eigenvalue weighted by Gasteiger charge is -2.34. The highest BCUT2D eigenvalue weighted by atomic mass is 16.5. The Morgan fingerprint density at radius 2 is 1.87 bits per heavy atom. The molecular formula is C23H27N3O4. The Bertz CT molecular complexity index is 1110. The molecule has 2 N–H and O–H groups in total. The third kappa shape index (κ3) is 3.49. The van der Waals surface area contributed by atoms with Crippen molar-refractivity contribution in [2.45, 2.75) is 58.4 Å². The number of ketones is 1. The van der Waals surface area contributed by atoms with Crippen LogP contribution in [-0.4, -0.2) is 21.9 Å². The number of benzene rings is 1. The Kier molecular flexibility index (Phi) is 5.61. The van der Waals surface area contributed by atoms with E-state index >= 15 is 0 Å². The van der Waals surface area contributed by atoms with Crippen molar-refractivity contribution < 1.29 is 9.53 Å². The first-order chi connectivity index (χ1) is 14.5. The Balaban J connectivity index is 1.93. The summed E-state index contributed by atoms with van der Waals surface area (Å²) >= 11 is 0. The summed E-state index contributed by atoms with van der Waals surface area (Å²) in [6.45, 7) is 5.05. The molecular weight excluding hydrogens is 382 g/mol. The number of fused-ring (bicyclic) bond motifs is 1. The van der Waals surface area contributed by atoms with Crippen molar-refractivity contribution in [2.75, 3.05) is 11.9 Å². The molecule has 1 aromatic heterocycles. The van der Waals surface area contributed by atoms with Crippen LogP contribution in [0.25, 0.3) is 0 Å². The lowest BCUT2D eigenvalue weighted by molar-refractivity contribution is -0.116. The van der Waals surface area contributed by atoms with Gasteiger partial charge in [0.2, 0.25) is 0 Å². The van der Waals surface area contributed by atoms with Gasteiger partial charge < -0.3 is 10.1 Å². The number of hydrogen-bond donors (Lipinski definition) is 2. The van der Waals surface area contributed by atoms with Gasteiger partial charge in [0, 0.05) is 30.2 Å². The number of H-pyrrole nitrogens is 1. The topological polar surface area (TPSA) is 93.2 Å². The fourth-order valence-corrected chi connectivity index (χ4v) is 4.39. The van der Waals surface area contributed by atoms with Gasteiger partial charge in [-0.3, -0.25) is 19.1 Å². The molecule has 1 aromatic carbocycles. The highest BCUT2D eigenvalue weighted by molar-refractivity contribution is 6.00. The van der Waals surface area contributed by atoms with Crippen molar-refractivity contribution in [3.05, 3.63) is 67.5 Å². The van der Waals surface area contributed by atoms with E-state index in [1.54, 1.807) is 4.57 Å². The molecule has 158 valence electrons. The van der Waals surface area contributed by atoms with Gasteiger partial charge in [0.25, 0.3) is 5.56 Å². The molecule has 4 rings (SSSR count).